The Labute approximate surface area is 136 Å². The number of benzene rings is 2. The lowest BCUT2D eigenvalue weighted by Crippen LogP contribution is -2.33. The van der Waals surface area contributed by atoms with Crippen molar-refractivity contribution in [1.29, 1.82) is 0 Å². The molecule has 0 fully saturated rings. The summed E-state index contributed by atoms with van der Waals surface area (Å²) in [7, 11) is 1.62. The van der Waals surface area contributed by atoms with Crippen LogP contribution in [-0.2, 0) is 13.0 Å². The number of halogens is 1. The van der Waals surface area contributed by atoms with Crippen LogP contribution in [0.1, 0.15) is 17.5 Å². The zero-order chi connectivity index (χ0) is 15.4. The van der Waals surface area contributed by atoms with Crippen molar-refractivity contribution in [1.82, 2.24) is 5.32 Å². The topological polar surface area (TPSA) is 30.5 Å². The Hall–Kier alpha value is -1.71. The van der Waals surface area contributed by atoms with Gasteiger partial charge in [0.15, 0.2) is 0 Å². The van der Waals surface area contributed by atoms with E-state index in [0.29, 0.717) is 10.8 Å². The van der Waals surface area contributed by atoms with Crippen LogP contribution < -0.4 is 14.8 Å². The Morgan fingerprint density at radius 2 is 2.09 bits per heavy atom. The largest absolute Gasteiger partial charge is 0.495 e. The number of fused-ring (bicyclic) bond motifs is 1. The van der Waals surface area contributed by atoms with Crippen molar-refractivity contribution < 1.29 is 9.47 Å². The summed E-state index contributed by atoms with van der Waals surface area (Å²) in [6, 6.07) is 14.2. The Morgan fingerprint density at radius 1 is 1.27 bits per heavy atom. The minimum Gasteiger partial charge on any atom is -0.495 e. The monoisotopic (exact) mass is 317 g/mol. The van der Waals surface area contributed by atoms with Gasteiger partial charge in [-0.3, -0.25) is 0 Å². The fourth-order valence-corrected chi connectivity index (χ4v) is 2.97. The van der Waals surface area contributed by atoms with Crippen LogP contribution in [0, 0.1) is 0 Å². The molecule has 1 N–H and O–H groups in total. The molecule has 1 aliphatic heterocycles. The van der Waals surface area contributed by atoms with Crippen LogP contribution in [0.3, 0.4) is 0 Å². The Bertz CT molecular complexity index is 630. The SMILES string of the molecule is COc1cc2c(cc1Cl)CC[C@@H](CNCc1ccccc1)O2. The molecule has 0 radical (unpaired) electrons. The zero-order valence-corrected chi connectivity index (χ0v) is 13.4. The standard InChI is InChI=1S/C18H20ClNO2/c1-21-18-10-17-14(9-16(18)19)7-8-15(22-17)12-20-11-13-5-3-2-4-6-13/h2-6,9-10,15,20H,7-8,11-12H2,1H3/t15-/m0/s1. The highest BCUT2D eigenvalue weighted by atomic mass is 35.5. The van der Waals surface area contributed by atoms with Crippen molar-refractivity contribution in [3.05, 3.63) is 58.6 Å². The number of rotatable bonds is 5. The van der Waals surface area contributed by atoms with Gasteiger partial charge in [-0.15, -0.1) is 0 Å². The second-order valence-electron chi connectivity index (χ2n) is 5.49. The molecule has 3 nitrogen and oxygen atoms in total. The van der Waals surface area contributed by atoms with Crippen molar-refractivity contribution in [3.63, 3.8) is 0 Å². The molecule has 1 aliphatic rings. The maximum Gasteiger partial charge on any atom is 0.141 e. The van der Waals surface area contributed by atoms with Crippen LogP contribution in [0.2, 0.25) is 5.02 Å². The molecule has 0 unspecified atom stereocenters. The van der Waals surface area contributed by atoms with Crippen LogP contribution >= 0.6 is 11.6 Å². The summed E-state index contributed by atoms with van der Waals surface area (Å²) >= 11 is 6.16. The average molecular weight is 318 g/mol. The van der Waals surface area contributed by atoms with E-state index in [4.69, 9.17) is 21.1 Å². The van der Waals surface area contributed by atoms with E-state index < -0.39 is 0 Å². The molecular formula is C18H20ClNO2. The third-order valence-electron chi connectivity index (χ3n) is 3.91. The molecule has 1 atom stereocenters. The lowest BCUT2D eigenvalue weighted by molar-refractivity contribution is 0.169. The molecule has 2 aromatic carbocycles. The Morgan fingerprint density at radius 3 is 2.86 bits per heavy atom. The van der Waals surface area contributed by atoms with Gasteiger partial charge in [0, 0.05) is 19.2 Å². The van der Waals surface area contributed by atoms with Gasteiger partial charge in [0.1, 0.15) is 17.6 Å². The van der Waals surface area contributed by atoms with Gasteiger partial charge in [-0.05, 0) is 30.0 Å². The average Bonchev–Trinajstić information content (AvgIpc) is 2.55. The number of hydrogen-bond acceptors (Lipinski definition) is 3. The fourth-order valence-electron chi connectivity index (χ4n) is 2.71. The van der Waals surface area contributed by atoms with Gasteiger partial charge in [-0.2, -0.15) is 0 Å². The van der Waals surface area contributed by atoms with Gasteiger partial charge in [0.05, 0.1) is 12.1 Å². The van der Waals surface area contributed by atoms with Crippen LogP contribution in [0.5, 0.6) is 11.5 Å². The molecule has 2 aromatic rings. The minimum atomic E-state index is 0.182. The Kier molecular flexibility index (Phi) is 4.86. The van der Waals surface area contributed by atoms with Gasteiger partial charge in [0.25, 0.3) is 0 Å². The van der Waals surface area contributed by atoms with Gasteiger partial charge < -0.3 is 14.8 Å². The van der Waals surface area contributed by atoms with Crippen molar-refractivity contribution >= 4 is 11.6 Å². The van der Waals surface area contributed by atoms with Crippen LogP contribution in [-0.4, -0.2) is 19.8 Å². The molecule has 3 rings (SSSR count). The van der Waals surface area contributed by atoms with Crippen molar-refractivity contribution in [2.24, 2.45) is 0 Å². The van der Waals surface area contributed by atoms with E-state index in [2.05, 4.69) is 29.6 Å². The first-order chi connectivity index (χ1) is 10.8. The van der Waals surface area contributed by atoms with Crippen LogP contribution in [0.15, 0.2) is 42.5 Å². The molecule has 0 aromatic heterocycles. The predicted octanol–water partition coefficient (Wildman–Crippen LogP) is 3.83. The normalized spacial score (nSPS) is 16.7. The number of nitrogens with one attached hydrogen (secondary N) is 1. The van der Waals surface area contributed by atoms with E-state index in [-0.39, 0.29) is 6.10 Å². The summed E-state index contributed by atoms with van der Waals surface area (Å²) < 4.78 is 11.3. The predicted molar refractivity (Wildman–Crippen MR) is 88.9 cm³/mol. The molecular weight excluding hydrogens is 298 g/mol. The number of methoxy groups -OCH3 is 1. The van der Waals surface area contributed by atoms with E-state index >= 15 is 0 Å². The highest BCUT2D eigenvalue weighted by Gasteiger charge is 2.21. The van der Waals surface area contributed by atoms with Gasteiger partial charge >= 0.3 is 0 Å². The molecule has 0 spiro atoms. The molecule has 116 valence electrons. The van der Waals surface area contributed by atoms with E-state index in [1.807, 2.05) is 18.2 Å². The van der Waals surface area contributed by atoms with Gasteiger partial charge in [0.2, 0.25) is 0 Å². The number of aryl methyl sites for hydroxylation is 1. The summed E-state index contributed by atoms with van der Waals surface area (Å²) in [5.41, 5.74) is 2.44. The molecule has 22 heavy (non-hydrogen) atoms. The highest BCUT2D eigenvalue weighted by molar-refractivity contribution is 6.32. The second kappa shape index (κ2) is 7.03. The first-order valence-electron chi connectivity index (χ1n) is 7.54. The minimum absolute atomic E-state index is 0.182. The van der Waals surface area contributed by atoms with E-state index in [9.17, 15) is 0 Å². The molecule has 0 amide bonds. The highest BCUT2D eigenvalue weighted by Crippen LogP contribution is 2.36. The summed E-state index contributed by atoms with van der Waals surface area (Å²) in [6.45, 7) is 1.69. The summed E-state index contributed by atoms with van der Waals surface area (Å²) in [4.78, 5) is 0. The summed E-state index contributed by atoms with van der Waals surface area (Å²) in [5, 5.41) is 4.10. The van der Waals surface area contributed by atoms with E-state index in [0.717, 1.165) is 37.2 Å². The summed E-state index contributed by atoms with van der Waals surface area (Å²) in [6.07, 6.45) is 2.16. The zero-order valence-electron chi connectivity index (χ0n) is 12.6. The summed E-state index contributed by atoms with van der Waals surface area (Å²) in [5.74, 6) is 1.55. The first kappa shape index (κ1) is 15.2. The van der Waals surface area contributed by atoms with Crippen molar-refractivity contribution in [2.45, 2.75) is 25.5 Å². The third-order valence-corrected chi connectivity index (χ3v) is 4.20. The maximum atomic E-state index is 6.16. The van der Waals surface area contributed by atoms with Gasteiger partial charge in [-0.1, -0.05) is 41.9 Å². The van der Waals surface area contributed by atoms with E-state index in [1.165, 1.54) is 5.56 Å². The lowest BCUT2D eigenvalue weighted by Gasteiger charge is -2.27. The van der Waals surface area contributed by atoms with Crippen LogP contribution in [0.25, 0.3) is 0 Å². The lowest BCUT2D eigenvalue weighted by atomic mass is 10.0. The quantitative estimate of drug-likeness (QED) is 0.909. The van der Waals surface area contributed by atoms with E-state index in [1.54, 1.807) is 7.11 Å². The third kappa shape index (κ3) is 3.54. The number of hydrogen-bond donors (Lipinski definition) is 1. The number of ether oxygens (including phenoxy) is 2. The smallest absolute Gasteiger partial charge is 0.141 e. The Balaban J connectivity index is 1.57. The van der Waals surface area contributed by atoms with Crippen molar-refractivity contribution in [3.8, 4) is 11.5 Å². The molecule has 0 bridgehead atoms. The van der Waals surface area contributed by atoms with Crippen LogP contribution in [0.4, 0.5) is 0 Å². The van der Waals surface area contributed by atoms with Crippen molar-refractivity contribution in [2.75, 3.05) is 13.7 Å². The molecule has 1 heterocycles. The van der Waals surface area contributed by atoms with Gasteiger partial charge in [-0.25, -0.2) is 0 Å². The molecule has 4 heteroatoms. The first-order valence-corrected chi connectivity index (χ1v) is 7.92. The fraction of sp³-hybridized carbons (Fsp3) is 0.333. The molecule has 0 aliphatic carbocycles. The second-order valence-corrected chi connectivity index (χ2v) is 5.90. The molecule has 0 saturated heterocycles. The maximum absolute atomic E-state index is 6.16. The molecule has 0 saturated carbocycles.